The Morgan fingerprint density at radius 2 is 1.95 bits per heavy atom. The summed E-state index contributed by atoms with van der Waals surface area (Å²) in [6.07, 6.45) is 2.96. The SMILES string of the molecule is COC(=O)CCNC(=O)C=Cc1c(Cl)cccc1Cl. The number of esters is 1. The van der Waals surface area contributed by atoms with Crippen LogP contribution in [0.5, 0.6) is 0 Å². The molecule has 102 valence electrons. The first-order valence-corrected chi connectivity index (χ1v) is 6.27. The van der Waals surface area contributed by atoms with Gasteiger partial charge in [-0.3, -0.25) is 9.59 Å². The van der Waals surface area contributed by atoms with Gasteiger partial charge in [0, 0.05) is 28.2 Å². The maximum absolute atomic E-state index is 11.5. The van der Waals surface area contributed by atoms with Crippen LogP contribution >= 0.6 is 23.2 Å². The molecule has 0 fully saturated rings. The molecule has 0 radical (unpaired) electrons. The van der Waals surface area contributed by atoms with Gasteiger partial charge in [-0.05, 0) is 18.2 Å². The van der Waals surface area contributed by atoms with Crippen LogP contribution in [0.4, 0.5) is 0 Å². The van der Waals surface area contributed by atoms with Gasteiger partial charge < -0.3 is 10.1 Å². The van der Waals surface area contributed by atoms with Gasteiger partial charge in [-0.25, -0.2) is 0 Å². The van der Waals surface area contributed by atoms with E-state index in [0.29, 0.717) is 15.6 Å². The molecule has 6 heteroatoms. The summed E-state index contributed by atoms with van der Waals surface area (Å²) in [6.45, 7) is 0.214. The number of methoxy groups -OCH3 is 1. The molecule has 0 saturated carbocycles. The van der Waals surface area contributed by atoms with Crippen LogP contribution in [0.25, 0.3) is 6.08 Å². The maximum Gasteiger partial charge on any atom is 0.307 e. The minimum Gasteiger partial charge on any atom is -0.469 e. The Hall–Kier alpha value is -1.52. The van der Waals surface area contributed by atoms with E-state index in [1.807, 2.05) is 0 Å². The topological polar surface area (TPSA) is 55.4 Å². The molecule has 0 aliphatic heterocycles. The Balaban J connectivity index is 2.52. The Morgan fingerprint density at radius 1 is 1.32 bits per heavy atom. The lowest BCUT2D eigenvalue weighted by Crippen LogP contribution is -2.24. The van der Waals surface area contributed by atoms with Gasteiger partial charge in [-0.2, -0.15) is 0 Å². The minimum atomic E-state index is -0.376. The van der Waals surface area contributed by atoms with Gasteiger partial charge in [0.15, 0.2) is 0 Å². The van der Waals surface area contributed by atoms with Gasteiger partial charge in [0.05, 0.1) is 13.5 Å². The summed E-state index contributed by atoms with van der Waals surface area (Å²) in [6, 6.07) is 5.09. The zero-order valence-electron chi connectivity index (χ0n) is 10.3. The molecule has 0 unspecified atom stereocenters. The molecule has 0 aliphatic rings. The van der Waals surface area contributed by atoms with Crippen molar-refractivity contribution in [3.63, 3.8) is 0 Å². The van der Waals surface area contributed by atoms with E-state index >= 15 is 0 Å². The summed E-state index contributed by atoms with van der Waals surface area (Å²) in [5, 5.41) is 3.47. The van der Waals surface area contributed by atoms with E-state index in [1.54, 1.807) is 18.2 Å². The molecule has 0 bridgehead atoms. The molecule has 1 amide bonds. The minimum absolute atomic E-state index is 0.128. The third-order valence-electron chi connectivity index (χ3n) is 2.26. The number of hydrogen-bond acceptors (Lipinski definition) is 3. The molecule has 1 aromatic rings. The van der Waals surface area contributed by atoms with Crippen molar-refractivity contribution in [2.24, 2.45) is 0 Å². The highest BCUT2D eigenvalue weighted by Crippen LogP contribution is 2.25. The summed E-state index contributed by atoms with van der Waals surface area (Å²) < 4.78 is 4.45. The largest absolute Gasteiger partial charge is 0.469 e. The third kappa shape index (κ3) is 5.32. The van der Waals surface area contributed by atoms with Gasteiger partial charge in [0.1, 0.15) is 0 Å². The number of rotatable bonds is 5. The van der Waals surface area contributed by atoms with Crippen molar-refractivity contribution in [2.75, 3.05) is 13.7 Å². The van der Waals surface area contributed by atoms with Crippen molar-refractivity contribution in [3.8, 4) is 0 Å². The van der Waals surface area contributed by atoms with E-state index < -0.39 is 0 Å². The molecular formula is C13H13Cl2NO3. The number of hydrogen-bond donors (Lipinski definition) is 1. The van der Waals surface area contributed by atoms with Crippen molar-refractivity contribution in [1.82, 2.24) is 5.32 Å². The van der Waals surface area contributed by atoms with E-state index in [4.69, 9.17) is 23.2 Å². The molecule has 0 heterocycles. The monoisotopic (exact) mass is 301 g/mol. The van der Waals surface area contributed by atoms with Crippen LogP contribution in [-0.2, 0) is 14.3 Å². The van der Waals surface area contributed by atoms with Crippen LogP contribution in [0.2, 0.25) is 10.0 Å². The predicted octanol–water partition coefficient (Wildman–Crippen LogP) is 2.69. The lowest BCUT2D eigenvalue weighted by atomic mass is 10.2. The second-order valence-electron chi connectivity index (χ2n) is 3.59. The fourth-order valence-corrected chi connectivity index (χ4v) is 1.80. The number of ether oxygens (including phenoxy) is 1. The van der Waals surface area contributed by atoms with E-state index in [9.17, 15) is 9.59 Å². The van der Waals surface area contributed by atoms with Crippen LogP contribution in [0.3, 0.4) is 0 Å². The summed E-state index contributed by atoms with van der Waals surface area (Å²) in [7, 11) is 1.30. The van der Waals surface area contributed by atoms with Crippen LogP contribution in [0.15, 0.2) is 24.3 Å². The van der Waals surface area contributed by atoms with Gasteiger partial charge in [0.25, 0.3) is 0 Å². The molecular weight excluding hydrogens is 289 g/mol. The summed E-state index contributed by atoms with van der Waals surface area (Å²) in [5.41, 5.74) is 0.578. The van der Waals surface area contributed by atoms with E-state index in [0.717, 1.165) is 0 Å². The number of amides is 1. The van der Waals surface area contributed by atoms with E-state index in [-0.39, 0.29) is 24.8 Å². The zero-order chi connectivity index (χ0) is 14.3. The molecule has 0 atom stereocenters. The lowest BCUT2D eigenvalue weighted by Gasteiger charge is -2.02. The Labute approximate surface area is 121 Å². The Morgan fingerprint density at radius 3 is 2.53 bits per heavy atom. The zero-order valence-corrected chi connectivity index (χ0v) is 11.8. The normalized spacial score (nSPS) is 10.5. The summed E-state index contributed by atoms with van der Waals surface area (Å²) >= 11 is 11.9. The highest BCUT2D eigenvalue weighted by atomic mass is 35.5. The van der Waals surface area contributed by atoms with Crippen LogP contribution in [-0.4, -0.2) is 25.5 Å². The van der Waals surface area contributed by atoms with Gasteiger partial charge in [0.2, 0.25) is 5.91 Å². The van der Waals surface area contributed by atoms with Crippen molar-refractivity contribution < 1.29 is 14.3 Å². The van der Waals surface area contributed by atoms with Gasteiger partial charge in [-0.1, -0.05) is 29.3 Å². The first-order chi connectivity index (χ1) is 9.04. The average Bonchev–Trinajstić information content (AvgIpc) is 2.38. The van der Waals surface area contributed by atoms with Crippen molar-refractivity contribution >= 4 is 41.2 Å². The second-order valence-corrected chi connectivity index (χ2v) is 4.40. The standard InChI is InChI=1S/C13H13Cl2NO3/c1-19-13(18)7-8-16-12(17)6-5-9-10(14)3-2-4-11(9)15/h2-6H,7-8H2,1H3,(H,16,17). The molecule has 1 N–H and O–H groups in total. The fraction of sp³-hybridized carbons (Fsp3) is 0.231. The fourth-order valence-electron chi connectivity index (χ4n) is 1.28. The Kier molecular flexibility index (Phi) is 6.39. The predicted molar refractivity (Wildman–Crippen MR) is 75.1 cm³/mol. The molecule has 1 aromatic carbocycles. The molecule has 0 spiro atoms. The average molecular weight is 302 g/mol. The molecule has 0 aromatic heterocycles. The molecule has 19 heavy (non-hydrogen) atoms. The van der Waals surface area contributed by atoms with Crippen molar-refractivity contribution in [3.05, 3.63) is 39.9 Å². The van der Waals surface area contributed by atoms with E-state index in [1.165, 1.54) is 19.3 Å². The summed E-state index contributed by atoms with van der Waals surface area (Å²) in [4.78, 5) is 22.3. The number of carbonyl (C=O) groups is 2. The number of halogens is 2. The first kappa shape index (κ1) is 15.5. The maximum atomic E-state index is 11.5. The van der Waals surface area contributed by atoms with Gasteiger partial charge >= 0.3 is 5.97 Å². The molecule has 0 saturated heterocycles. The molecule has 4 nitrogen and oxygen atoms in total. The quantitative estimate of drug-likeness (QED) is 0.672. The second kappa shape index (κ2) is 7.81. The third-order valence-corrected chi connectivity index (χ3v) is 2.92. The smallest absolute Gasteiger partial charge is 0.307 e. The summed E-state index contributed by atoms with van der Waals surface area (Å²) in [5.74, 6) is -0.710. The highest BCUT2D eigenvalue weighted by molar-refractivity contribution is 6.37. The number of benzene rings is 1. The van der Waals surface area contributed by atoms with Crippen LogP contribution < -0.4 is 5.32 Å². The molecule has 0 aliphatic carbocycles. The first-order valence-electron chi connectivity index (χ1n) is 5.51. The Bertz CT molecular complexity index is 480. The number of nitrogens with one attached hydrogen (secondary N) is 1. The van der Waals surface area contributed by atoms with Crippen LogP contribution in [0.1, 0.15) is 12.0 Å². The molecule has 1 rings (SSSR count). The highest BCUT2D eigenvalue weighted by Gasteiger charge is 2.03. The van der Waals surface area contributed by atoms with Crippen LogP contribution in [0, 0.1) is 0 Å². The lowest BCUT2D eigenvalue weighted by molar-refractivity contribution is -0.140. The number of carbonyl (C=O) groups excluding carboxylic acids is 2. The van der Waals surface area contributed by atoms with Gasteiger partial charge in [-0.15, -0.1) is 0 Å². The van der Waals surface area contributed by atoms with E-state index in [2.05, 4.69) is 10.1 Å². The van der Waals surface area contributed by atoms with Crippen molar-refractivity contribution in [2.45, 2.75) is 6.42 Å². The van der Waals surface area contributed by atoms with Crippen molar-refractivity contribution in [1.29, 1.82) is 0 Å².